The summed E-state index contributed by atoms with van der Waals surface area (Å²) in [6.45, 7) is 0.287. The largest absolute Gasteiger partial charge is 0.497 e. The zero-order chi connectivity index (χ0) is 19.1. The predicted molar refractivity (Wildman–Crippen MR) is 98.5 cm³/mol. The summed E-state index contributed by atoms with van der Waals surface area (Å²) in [4.78, 5) is 12.8. The Labute approximate surface area is 155 Å². The zero-order valence-electron chi connectivity index (χ0n) is 15.4. The first-order valence-corrected chi connectivity index (χ1v) is 8.22. The lowest BCUT2D eigenvalue weighted by atomic mass is 9.96. The maximum Gasteiger partial charge on any atom is 0.348 e. The Morgan fingerprint density at radius 1 is 0.926 bits per heavy atom. The van der Waals surface area contributed by atoms with E-state index in [1.165, 1.54) is 21.3 Å². The zero-order valence-corrected chi connectivity index (χ0v) is 15.4. The number of hydrogen-bond acceptors (Lipinski definition) is 7. The van der Waals surface area contributed by atoms with Gasteiger partial charge in [-0.1, -0.05) is 0 Å². The van der Waals surface area contributed by atoms with Crippen molar-refractivity contribution in [3.8, 4) is 39.9 Å². The van der Waals surface area contributed by atoms with E-state index in [1.807, 2.05) is 12.1 Å². The van der Waals surface area contributed by atoms with Gasteiger partial charge in [-0.2, -0.15) is 0 Å². The van der Waals surface area contributed by atoms with E-state index in [9.17, 15) is 4.79 Å². The van der Waals surface area contributed by atoms with Crippen molar-refractivity contribution in [2.45, 2.75) is 6.61 Å². The van der Waals surface area contributed by atoms with Crippen LogP contribution in [-0.2, 0) is 6.61 Å². The average Bonchev–Trinajstić information content (AvgIpc) is 2.71. The van der Waals surface area contributed by atoms with Crippen LogP contribution in [0.3, 0.4) is 0 Å². The first-order chi connectivity index (χ1) is 13.1. The topological polar surface area (TPSA) is 76.4 Å². The summed E-state index contributed by atoms with van der Waals surface area (Å²) in [5.74, 6) is 2.26. The quantitative estimate of drug-likeness (QED) is 0.652. The van der Waals surface area contributed by atoms with Crippen molar-refractivity contribution in [2.75, 3.05) is 28.4 Å². The normalized spacial score (nSPS) is 12.0. The summed E-state index contributed by atoms with van der Waals surface area (Å²) < 4.78 is 33.1. The summed E-state index contributed by atoms with van der Waals surface area (Å²) >= 11 is 0. The van der Waals surface area contributed by atoms with Crippen LogP contribution in [0.5, 0.6) is 28.7 Å². The second kappa shape index (κ2) is 6.42. The van der Waals surface area contributed by atoms with Crippen molar-refractivity contribution in [1.82, 2.24) is 0 Å². The minimum Gasteiger partial charge on any atom is -0.497 e. The summed E-state index contributed by atoms with van der Waals surface area (Å²) in [7, 11) is 6.11. The van der Waals surface area contributed by atoms with E-state index in [0.717, 1.165) is 11.1 Å². The molecule has 27 heavy (non-hydrogen) atoms. The SMILES string of the molecule is COc1ccc2c(c1)COc1c-2c(=O)oc2cc(OC)c(OC)c(OC)c12. The minimum atomic E-state index is -0.502. The molecule has 0 atom stereocenters. The Bertz CT molecular complexity index is 1100. The van der Waals surface area contributed by atoms with Crippen LogP contribution < -0.4 is 29.3 Å². The lowest BCUT2D eigenvalue weighted by Gasteiger charge is -2.23. The van der Waals surface area contributed by atoms with Crippen LogP contribution in [0.25, 0.3) is 22.1 Å². The van der Waals surface area contributed by atoms with E-state index in [4.69, 9.17) is 28.1 Å². The van der Waals surface area contributed by atoms with Crippen molar-refractivity contribution in [3.05, 3.63) is 40.2 Å². The van der Waals surface area contributed by atoms with Gasteiger partial charge >= 0.3 is 5.63 Å². The first-order valence-electron chi connectivity index (χ1n) is 8.22. The highest BCUT2D eigenvalue weighted by Gasteiger charge is 2.29. The molecule has 0 N–H and O–H groups in total. The molecule has 3 aromatic rings. The van der Waals surface area contributed by atoms with E-state index in [-0.39, 0.29) is 6.61 Å². The molecule has 1 aromatic heterocycles. The number of benzene rings is 2. The van der Waals surface area contributed by atoms with Crippen LogP contribution in [-0.4, -0.2) is 28.4 Å². The number of ether oxygens (including phenoxy) is 5. The smallest absolute Gasteiger partial charge is 0.348 e. The Morgan fingerprint density at radius 3 is 2.37 bits per heavy atom. The third-order valence-corrected chi connectivity index (χ3v) is 4.61. The molecular weight excluding hydrogens is 352 g/mol. The van der Waals surface area contributed by atoms with Gasteiger partial charge < -0.3 is 28.1 Å². The second-order valence-corrected chi connectivity index (χ2v) is 5.92. The Kier molecular flexibility index (Phi) is 4.07. The third-order valence-electron chi connectivity index (χ3n) is 4.61. The summed E-state index contributed by atoms with van der Waals surface area (Å²) in [6.07, 6.45) is 0. The van der Waals surface area contributed by atoms with Gasteiger partial charge in [-0.25, -0.2) is 4.79 Å². The molecule has 140 valence electrons. The van der Waals surface area contributed by atoms with Gasteiger partial charge in [0.05, 0.1) is 28.4 Å². The van der Waals surface area contributed by atoms with Crippen molar-refractivity contribution >= 4 is 11.0 Å². The molecule has 1 aliphatic heterocycles. The van der Waals surface area contributed by atoms with Crippen molar-refractivity contribution in [3.63, 3.8) is 0 Å². The molecule has 7 heteroatoms. The van der Waals surface area contributed by atoms with E-state index < -0.39 is 5.63 Å². The Hall–Kier alpha value is -3.35. The predicted octanol–water partition coefficient (Wildman–Crippen LogP) is 3.39. The molecule has 0 saturated heterocycles. The molecule has 0 aliphatic carbocycles. The minimum absolute atomic E-state index is 0.287. The lowest BCUT2D eigenvalue weighted by Crippen LogP contribution is -2.14. The Morgan fingerprint density at radius 2 is 1.70 bits per heavy atom. The molecule has 1 aliphatic rings. The highest BCUT2D eigenvalue weighted by atomic mass is 16.5. The number of methoxy groups -OCH3 is 4. The molecule has 2 aromatic carbocycles. The molecule has 2 heterocycles. The van der Waals surface area contributed by atoms with Gasteiger partial charge in [0.1, 0.15) is 34.6 Å². The molecule has 7 nitrogen and oxygen atoms in total. The monoisotopic (exact) mass is 370 g/mol. The van der Waals surface area contributed by atoms with Gasteiger partial charge in [-0.15, -0.1) is 0 Å². The number of fused-ring (bicyclic) bond motifs is 5. The fourth-order valence-corrected chi connectivity index (χ4v) is 3.38. The second-order valence-electron chi connectivity index (χ2n) is 5.92. The van der Waals surface area contributed by atoms with Gasteiger partial charge in [0, 0.05) is 11.6 Å². The van der Waals surface area contributed by atoms with Crippen LogP contribution >= 0.6 is 0 Å². The molecule has 0 spiro atoms. The number of hydrogen-bond donors (Lipinski definition) is 0. The lowest BCUT2D eigenvalue weighted by molar-refractivity contribution is 0.298. The van der Waals surface area contributed by atoms with Crippen LogP contribution in [0.4, 0.5) is 0 Å². The van der Waals surface area contributed by atoms with Gasteiger partial charge in [-0.05, 0) is 23.8 Å². The molecular formula is C20H18O7. The highest BCUT2D eigenvalue weighted by molar-refractivity contribution is 5.99. The van der Waals surface area contributed by atoms with Crippen LogP contribution in [0.2, 0.25) is 0 Å². The van der Waals surface area contributed by atoms with Gasteiger partial charge in [0.15, 0.2) is 11.5 Å². The van der Waals surface area contributed by atoms with Crippen LogP contribution in [0, 0.1) is 0 Å². The fourth-order valence-electron chi connectivity index (χ4n) is 3.38. The van der Waals surface area contributed by atoms with Crippen molar-refractivity contribution in [2.24, 2.45) is 0 Å². The average molecular weight is 370 g/mol. The maximum atomic E-state index is 12.8. The summed E-state index contributed by atoms with van der Waals surface area (Å²) in [5.41, 5.74) is 1.72. The van der Waals surface area contributed by atoms with E-state index in [0.29, 0.717) is 45.3 Å². The highest BCUT2D eigenvalue weighted by Crippen LogP contribution is 2.50. The summed E-state index contributed by atoms with van der Waals surface area (Å²) in [5, 5.41) is 0.520. The van der Waals surface area contributed by atoms with E-state index in [2.05, 4.69) is 0 Å². The molecule has 0 fully saturated rings. The third kappa shape index (κ3) is 2.46. The van der Waals surface area contributed by atoms with Crippen molar-refractivity contribution in [1.29, 1.82) is 0 Å². The Balaban J connectivity index is 2.10. The summed E-state index contributed by atoms with van der Waals surface area (Å²) in [6, 6.07) is 7.05. The maximum absolute atomic E-state index is 12.8. The van der Waals surface area contributed by atoms with Gasteiger partial charge in [0.2, 0.25) is 5.75 Å². The fraction of sp³-hybridized carbons (Fsp3) is 0.250. The van der Waals surface area contributed by atoms with Gasteiger partial charge in [-0.3, -0.25) is 0 Å². The van der Waals surface area contributed by atoms with Crippen LogP contribution in [0.15, 0.2) is 33.5 Å². The molecule has 0 saturated carbocycles. The first kappa shape index (κ1) is 17.1. The molecule has 0 amide bonds. The van der Waals surface area contributed by atoms with Gasteiger partial charge in [0.25, 0.3) is 0 Å². The van der Waals surface area contributed by atoms with Crippen LogP contribution in [0.1, 0.15) is 5.56 Å². The van der Waals surface area contributed by atoms with E-state index >= 15 is 0 Å². The number of rotatable bonds is 4. The van der Waals surface area contributed by atoms with Crippen molar-refractivity contribution < 1.29 is 28.1 Å². The molecule has 0 unspecified atom stereocenters. The van der Waals surface area contributed by atoms with E-state index in [1.54, 1.807) is 19.2 Å². The molecule has 0 radical (unpaired) electrons. The molecule has 0 bridgehead atoms. The standard InChI is InChI=1S/C20H18O7/c1-22-11-5-6-12-10(7-11)9-26-18-15(12)20(21)27-13-8-14(23-2)17(24-3)19(25-4)16(13)18/h5-8H,9H2,1-4H3. The molecule has 4 rings (SSSR count).